The second kappa shape index (κ2) is 4.58. The Labute approximate surface area is 78.0 Å². The lowest BCUT2D eigenvalue weighted by atomic mass is 10.1. The Balaban J connectivity index is 2.31. The van der Waals surface area contributed by atoms with Crippen molar-refractivity contribution in [3.8, 4) is 0 Å². The van der Waals surface area contributed by atoms with Crippen LogP contribution in [0.1, 0.15) is 26.2 Å². The summed E-state index contributed by atoms with van der Waals surface area (Å²) in [7, 11) is 0. The first-order valence-electron chi connectivity index (χ1n) is 4.72. The fourth-order valence-corrected chi connectivity index (χ4v) is 1.60. The van der Waals surface area contributed by atoms with E-state index in [-0.39, 0.29) is 30.6 Å². The minimum Gasteiger partial charge on any atom is -0.394 e. The fourth-order valence-electron chi connectivity index (χ4n) is 1.60. The number of hydrogen-bond acceptors (Lipinski definition) is 3. The van der Waals surface area contributed by atoms with Crippen LogP contribution in [0, 0.1) is 5.92 Å². The van der Waals surface area contributed by atoms with Gasteiger partial charge in [-0.25, -0.2) is 0 Å². The summed E-state index contributed by atoms with van der Waals surface area (Å²) in [6, 6.07) is -0.190. The Morgan fingerprint density at radius 3 is 2.77 bits per heavy atom. The largest absolute Gasteiger partial charge is 0.394 e. The lowest BCUT2D eigenvalue weighted by Gasteiger charge is -2.14. The van der Waals surface area contributed by atoms with Gasteiger partial charge in [0.15, 0.2) is 0 Å². The molecule has 1 aliphatic carbocycles. The van der Waals surface area contributed by atoms with Gasteiger partial charge in [0.05, 0.1) is 12.7 Å². The second-order valence-corrected chi connectivity index (χ2v) is 3.76. The summed E-state index contributed by atoms with van der Waals surface area (Å²) in [4.78, 5) is 11.4. The van der Waals surface area contributed by atoms with Crippen LogP contribution in [0.4, 0.5) is 0 Å². The van der Waals surface area contributed by atoms with Gasteiger partial charge in [-0.2, -0.15) is 0 Å². The minimum absolute atomic E-state index is 0.0407. The predicted octanol–water partition coefficient (Wildman–Crippen LogP) is -0.356. The molecular formula is C9H17NO3. The number of nitrogens with one attached hydrogen (secondary N) is 1. The Bertz CT molecular complexity index is 184. The Morgan fingerprint density at radius 1 is 1.62 bits per heavy atom. The van der Waals surface area contributed by atoms with Crippen LogP contribution >= 0.6 is 0 Å². The van der Waals surface area contributed by atoms with Gasteiger partial charge < -0.3 is 15.5 Å². The number of aliphatic hydroxyl groups is 2. The van der Waals surface area contributed by atoms with Gasteiger partial charge in [0.25, 0.3) is 0 Å². The average molecular weight is 187 g/mol. The molecule has 1 aliphatic rings. The summed E-state index contributed by atoms with van der Waals surface area (Å²) < 4.78 is 0. The molecule has 13 heavy (non-hydrogen) atoms. The highest BCUT2D eigenvalue weighted by Crippen LogP contribution is 2.25. The number of aliphatic hydroxyl groups excluding tert-OH is 2. The van der Waals surface area contributed by atoms with Gasteiger partial charge in [-0.15, -0.1) is 0 Å². The van der Waals surface area contributed by atoms with E-state index in [4.69, 9.17) is 5.11 Å². The van der Waals surface area contributed by atoms with Crippen LogP contribution in [0.3, 0.4) is 0 Å². The molecule has 4 heteroatoms. The first-order chi connectivity index (χ1) is 6.13. The highest BCUT2D eigenvalue weighted by molar-refractivity contribution is 5.79. The first-order valence-corrected chi connectivity index (χ1v) is 4.72. The molecule has 0 saturated heterocycles. The van der Waals surface area contributed by atoms with Crippen molar-refractivity contribution in [2.75, 3.05) is 6.61 Å². The van der Waals surface area contributed by atoms with Gasteiger partial charge in [0, 0.05) is 12.0 Å². The van der Waals surface area contributed by atoms with E-state index < -0.39 is 0 Å². The van der Waals surface area contributed by atoms with Crippen LogP contribution in [0.5, 0.6) is 0 Å². The highest BCUT2D eigenvalue weighted by Gasteiger charge is 2.28. The van der Waals surface area contributed by atoms with E-state index in [1.165, 1.54) is 0 Å². The zero-order chi connectivity index (χ0) is 9.84. The summed E-state index contributed by atoms with van der Waals surface area (Å²) in [5.41, 5.74) is 0. The molecule has 3 atom stereocenters. The van der Waals surface area contributed by atoms with Crippen LogP contribution in [-0.4, -0.2) is 34.9 Å². The molecule has 1 rings (SSSR count). The first kappa shape index (κ1) is 10.5. The molecule has 1 amide bonds. The maximum absolute atomic E-state index is 11.4. The second-order valence-electron chi connectivity index (χ2n) is 3.76. The molecule has 2 unspecified atom stereocenters. The van der Waals surface area contributed by atoms with Crippen molar-refractivity contribution in [2.45, 2.75) is 38.3 Å². The van der Waals surface area contributed by atoms with Gasteiger partial charge in [0.1, 0.15) is 0 Å². The number of rotatable bonds is 3. The normalized spacial score (nSPS) is 30.1. The van der Waals surface area contributed by atoms with Gasteiger partial charge in [-0.1, -0.05) is 0 Å². The molecular weight excluding hydrogens is 170 g/mol. The molecule has 1 saturated carbocycles. The molecule has 76 valence electrons. The van der Waals surface area contributed by atoms with Crippen molar-refractivity contribution in [3.63, 3.8) is 0 Å². The van der Waals surface area contributed by atoms with E-state index in [9.17, 15) is 9.90 Å². The summed E-state index contributed by atoms with van der Waals surface area (Å²) in [5, 5.41) is 20.6. The van der Waals surface area contributed by atoms with E-state index in [1.54, 1.807) is 6.92 Å². The summed E-state index contributed by atoms with van der Waals surface area (Å²) in [6.45, 7) is 1.71. The molecule has 1 fully saturated rings. The lowest BCUT2D eigenvalue weighted by Crippen LogP contribution is -2.38. The van der Waals surface area contributed by atoms with E-state index in [2.05, 4.69) is 5.32 Å². The Hall–Kier alpha value is -0.610. The molecule has 0 heterocycles. The van der Waals surface area contributed by atoms with Gasteiger partial charge >= 0.3 is 0 Å². The highest BCUT2D eigenvalue weighted by atomic mass is 16.3. The third kappa shape index (κ3) is 2.97. The third-order valence-corrected chi connectivity index (χ3v) is 2.44. The summed E-state index contributed by atoms with van der Waals surface area (Å²) >= 11 is 0. The number of carbonyl (C=O) groups excluding carboxylic acids is 1. The van der Waals surface area contributed by atoms with Crippen molar-refractivity contribution >= 4 is 5.91 Å². The molecule has 4 nitrogen and oxygen atoms in total. The third-order valence-electron chi connectivity index (χ3n) is 2.44. The van der Waals surface area contributed by atoms with E-state index >= 15 is 0 Å². The zero-order valence-electron chi connectivity index (χ0n) is 7.86. The maximum Gasteiger partial charge on any atom is 0.223 e. The molecule has 0 aromatic rings. The minimum atomic E-state index is -0.319. The summed E-state index contributed by atoms with van der Waals surface area (Å²) in [5.74, 6) is -0.109. The quantitative estimate of drug-likeness (QED) is 0.565. The molecule has 3 N–H and O–H groups in total. The predicted molar refractivity (Wildman–Crippen MR) is 48.0 cm³/mol. The molecule has 0 radical (unpaired) electrons. The standard InChI is InChI=1S/C9H17NO3/c1-6(5-11)10-9(13)7-2-3-8(12)4-7/h6-8,11-12H,2-5H2,1H3,(H,10,13)/t6-,7?,8?/m0/s1. The molecule has 0 bridgehead atoms. The van der Waals surface area contributed by atoms with Gasteiger partial charge in [0.2, 0.25) is 5.91 Å². The lowest BCUT2D eigenvalue weighted by molar-refractivity contribution is -0.125. The van der Waals surface area contributed by atoms with E-state index in [1.807, 2.05) is 0 Å². The Kier molecular flexibility index (Phi) is 3.69. The van der Waals surface area contributed by atoms with Crippen molar-refractivity contribution < 1.29 is 15.0 Å². The number of carbonyl (C=O) groups is 1. The van der Waals surface area contributed by atoms with Crippen LogP contribution < -0.4 is 5.32 Å². The van der Waals surface area contributed by atoms with Crippen molar-refractivity contribution in [2.24, 2.45) is 5.92 Å². The van der Waals surface area contributed by atoms with E-state index in [0.717, 1.165) is 6.42 Å². The SMILES string of the molecule is C[C@@H](CO)NC(=O)C1CCC(O)C1. The molecule has 0 aliphatic heterocycles. The average Bonchev–Trinajstić information content (AvgIpc) is 2.51. The Morgan fingerprint density at radius 2 is 2.31 bits per heavy atom. The summed E-state index contributed by atoms with van der Waals surface area (Å²) in [6.07, 6.45) is 1.71. The topological polar surface area (TPSA) is 69.6 Å². The van der Waals surface area contributed by atoms with Crippen LogP contribution in [0.2, 0.25) is 0 Å². The monoisotopic (exact) mass is 187 g/mol. The zero-order valence-corrected chi connectivity index (χ0v) is 7.86. The van der Waals surface area contributed by atoms with Crippen LogP contribution in [-0.2, 0) is 4.79 Å². The molecule has 0 spiro atoms. The molecule has 0 aromatic carbocycles. The van der Waals surface area contributed by atoms with Crippen molar-refractivity contribution in [1.29, 1.82) is 0 Å². The number of hydrogen-bond donors (Lipinski definition) is 3. The molecule has 0 aromatic heterocycles. The smallest absolute Gasteiger partial charge is 0.223 e. The van der Waals surface area contributed by atoms with E-state index in [0.29, 0.717) is 12.8 Å². The van der Waals surface area contributed by atoms with Crippen molar-refractivity contribution in [3.05, 3.63) is 0 Å². The van der Waals surface area contributed by atoms with Crippen molar-refractivity contribution in [1.82, 2.24) is 5.32 Å². The van der Waals surface area contributed by atoms with Crippen LogP contribution in [0.15, 0.2) is 0 Å². The van der Waals surface area contributed by atoms with Crippen LogP contribution in [0.25, 0.3) is 0 Å². The van der Waals surface area contributed by atoms with Gasteiger partial charge in [-0.05, 0) is 26.2 Å². The maximum atomic E-state index is 11.4. The number of amides is 1. The fraction of sp³-hybridized carbons (Fsp3) is 0.889. The van der Waals surface area contributed by atoms with Gasteiger partial charge in [-0.3, -0.25) is 4.79 Å².